The third kappa shape index (κ3) is 4.44. The van der Waals surface area contributed by atoms with Gasteiger partial charge in [-0.25, -0.2) is 4.98 Å². The van der Waals surface area contributed by atoms with Crippen molar-refractivity contribution in [3.8, 4) is 5.75 Å². The van der Waals surface area contributed by atoms with E-state index in [0.29, 0.717) is 42.0 Å². The van der Waals surface area contributed by atoms with Crippen LogP contribution >= 0.6 is 0 Å². The van der Waals surface area contributed by atoms with E-state index in [9.17, 15) is 14.7 Å². The van der Waals surface area contributed by atoms with Gasteiger partial charge in [-0.05, 0) is 63.1 Å². The van der Waals surface area contributed by atoms with Crippen molar-refractivity contribution in [3.05, 3.63) is 30.0 Å². The molecular weight excluding hydrogens is 484 g/mol. The molecule has 0 unspecified atom stereocenters. The molecular formula is C28H36N6O4. The minimum Gasteiger partial charge on any atom is -0.495 e. The smallest absolute Gasteiger partial charge is 0.251 e. The lowest BCUT2D eigenvalue weighted by Crippen LogP contribution is -2.41. The van der Waals surface area contributed by atoms with Crippen LogP contribution in [0.3, 0.4) is 0 Å². The molecule has 3 N–H and O–H groups in total. The minimum atomic E-state index is -0.500. The van der Waals surface area contributed by atoms with E-state index in [2.05, 4.69) is 20.5 Å². The van der Waals surface area contributed by atoms with Crippen LogP contribution in [-0.2, 0) is 4.79 Å². The number of hydrogen-bond acceptors (Lipinski definition) is 8. The minimum absolute atomic E-state index is 0.157. The van der Waals surface area contributed by atoms with Crippen molar-refractivity contribution >= 4 is 35.0 Å². The van der Waals surface area contributed by atoms with Gasteiger partial charge in [0.05, 0.1) is 36.6 Å². The molecule has 1 aromatic heterocycles. The number of rotatable bonds is 6. The highest BCUT2D eigenvalue weighted by atomic mass is 16.5. The Labute approximate surface area is 222 Å². The van der Waals surface area contributed by atoms with Crippen molar-refractivity contribution in [1.82, 2.24) is 15.3 Å². The number of amides is 2. The van der Waals surface area contributed by atoms with Crippen LogP contribution in [0.15, 0.2) is 24.4 Å². The first-order valence-corrected chi connectivity index (χ1v) is 13.7. The summed E-state index contributed by atoms with van der Waals surface area (Å²) in [6, 6.07) is 5.33. The van der Waals surface area contributed by atoms with E-state index in [0.717, 1.165) is 50.0 Å². The SMILES string of the molecule is COc1cc(C(=O)N[C@@H]2CCC[C@H]2O)ccc1Nc1ncc2c(n1)N(C1CCCC1)CC1(CC1)C(=O)N2C. The topological polar surface area (TPSA) is 120 Å². The van der Waals surface area contributed by atoms with Crippen molar-refractivity contribution in [2.24, 2.45) is 5.41 Å². The third-order valence-corrected chi connectivity index (χ3v) is 8.74. The number of nitrogens with zero attached hydrogens (tertiary/aromatic N) is 4. The fourth-order valence-corrected chi connectivity index (χ4v) is 6.27. The number of aliphatic hydroxyl groups excluding tert-OH is 1. The second-order valence-corrected chi connectivity index (χ2v) is 11.2. The maximum atomic E-state index is 13.3. The van der Waals surface area contributed by atoms with Crippen LogP contribution in [0.5, 0.6) is 5.75 Å². The van der Waals surface area contributed by atoms with Gasteiger partial charge in [0.15, 0.2) is 5.82 Å². The Kier molecular flexibility index (Phi) is 6.37. The molecule has 2 atom stereocenters. The summed E-state index contributed by atoms with van der Waals surface area (Å²) < 4.78 is 5.59. The van der Waals surface area contributed by atoms with Crippen molar-refractivity contribution in [1.29, 1.82) is 0 Å². The molecule has 1 spiro atoms. The van der Waals surface area contributed by atoms with Gasteiger partial charge in [-0.3, -0.25) is 9.59 Å². The zero-order chi connectivity index (χ0) is 26.4. The number of carbonyl (C=O) groups is 2. The Hall–Kier alpha value is -3.40. The molecule has 2 aromatic rings. The number of anilines is 4. The number of aliphatic hydroxyl groups is 1. The monoisotopic (exact) mass is 520 g/mol. The van der Waals surface area contributed by atoms with Crippen LogP contribution in [0.4, 0.5) is 23.1 Å². The number of fused-ring (bicyclic) bond motifs is 1. The summed E-state index contributed by atoms with van der Waals surface area (Å²) >= 11 is 0. The number of hydrogen-bond donors (Lipinski definition) is 3. The largest absolute Gasteiger partial charge is 0.495 e. The predicted molar refractivity (Wildman–Crippen MR) is 144 cm³/mol. The Morgan fingerprint density at radius 2 is 1.95 bits per heavy atom. The van der Waals surface area contributed by atoms with Crippen molar-refractivity contribution in [2.75, 3.05) is 35.8 Å². The van der Waals surface area contributed by atoms with E-state index >= 15 is 0 Å². The van der Waals surface area contributed by atoms with Crippen molar-refractivity contribution in [3.63, 3.8) is 0 Å². The summed E-state index contributed by atoms with van der Waals surface area (Å²) in [6.45, 7) is 0.702. The average molecular weight is 521 g/mol. The van der Waals surface area contributed by atoms with E-state index in [4.69, 9.17) is 9.72 Å². The van der Waals surface area contributed by atoms with Crippen molar-refractivity contribution < 1.29 is 19.4 Å². The van der Waals surface area contributed by atoms with Gasteiger partial charge in [0, 0.05) is 25.2 Å². The molecule has 1 aliphatic heterocycles. The van der Waals surface area contributed by atoms with Crippen LogP contribution < -0.4 is 25.2 Å². The highest BCUT2D eigenvalue weighted by Crippen LogP contribution is 2.52. The van der Waals surface area contributed by atoms with Crippen LogP contribution in [0.25, 0.3) is 0 Å². The lowest BCUT2D eigenvalue weighted by Gasteiger charge is -2.31. The Bertz CT molecular complexity index is 1240. The van der Waals surface area contributed by atoms with E-state index in [1.165, 1.54) is 12.8 Å². The summed E-state index contributed by atoms with van der Waals surface area (Å²) in [5.74, 6) is 1.60. The van der Waals surface area contributed by atoms with Crippen LogP contribution in [-0.4, -0.2) is 65.8 Å². The van der Waals surface area contributed by atoms with Crippen molar-refractivity contribution in [2.45, 2.75) is 76.0 Å². The summed E-state index contributed by atoms with van der Waals surface area (Å²) in [5, 5.41) is 16.3. The molecule has 3 aliphatic carbocycles. The first-order chi connectivity index (χ1) is 18.4. The Balaban J connectivity index is 1.27. The maximum absolute atomic E-state index is 13.3. The number of aromatic nitrogens is 2. The van der Waals surface area contributed by atoms with E-state index in [1.807, 2.05) is 7.05 Å². The predicted octanol–water partition coefficient (Wildman–Crippen LogP) is 3.38. The number of carbonyl (C=O) groups excluding carboxylic acids is 2. The second kappa shape index (κ2) is 9.72. The first kappa shape index (κ1) is 24.9. The van der Waals surface area contributed by atoms with E-state index < -0.39 is 6.10 Å². The second-order valence-electron chi connectivity index (χ2n) is 11.2. The fraction of sp³-hybridized carbons (Fsp3) is 0.571. The molecule has 2 heterocycles. The van der Waals surface area contributed by atoms with Gasteiger partial charge in [-0.1, -0.05) is 12.8 Å². The molecule has 2 amide bonds. The van der Waals surface area contributed by atoms with Gasteiger partial charge in [0.2, 0.25) is 11.9 Å². The molecule has 10 nitrogen and oxygen atoms in total. The number of nitrogens with one attached hydrogen (secondary N) is 2. The summed E-state index contributed by atoms with van der Waals surface area (Å²) in [4.78, 5) is 39.6. The molecule has 10 heteroatoms. The van der Waals surface area contributed by atoms with Crippen LogP contribution in [0.2, 0.25) is 0 Å². The normalized spacial score (nSPS) is 24.3. The van der Waals surface area contributed by atoms with E-state index in [1.54, 1.807) is 36.4 Å². The number of ether oxygens (including phenoxy) is 1. The van der Waals surface area contributed by atoms with Gasteiger partial charge >= 0.3 is 0 Å². The number of benzene rings is 1. The van der Waals surface area contributed by atoms with E-state index in [-0.39, 0.29) is 23.3 Å². The molecule has 6 rings (SSSR count). The van der Waals surface area contributed by atoms with Gasteiger partial charge in [0.1, 0.15) is 11.4 Å². The maximum Gasteiger partial charge on any atom is 0.251 e. The molecule has 3 fully saturated rings. The molecule has 0 radical (unpaired) electrons. The van der Waals surface area contributed by atoms with Gasteiger partial charge in [-0.15, -0.1) is 0 Å². The van der Waals surface area contributed by atoms with Crippen LogP contribution in [0.1, 0.15) is 68.1 Å². The van der Waals surface area contributed by atoms with Gasteiger partial charge in [-0.2, -0.15) is 4.98 Å². The first-order valence-electron chi connectivity index (χ1n) is 13.7. The molecule has 202 valence electrons. The third-order valence-electron chi connectivity index (χ3n) is 8.74. The summed E-state index contributed by atoms with van der Waals surface area (Å²) in [6.07, 6.45) is 10.1. The molecule has 4 aliphatic rings. The zero-order valence-corrected chi connectivity index (χ0v) is 22.1. The Morgan fingerprint density at radius 1 is 1.16 bits per heavy atom. The quantitative estimate of drug-likeness (QED) is 0.530. The molecule has 0 saturated heterocycles. The molecule has 1 aromatic carbocycles. The average Bonchev–Trinajstić information content (AvgIpc) is 3.32. The zero-order valence-electron chi connectivity index (χ0n) is 22.1. The molecule has 38 heavy (non-hydrogen) atoms. The fourth-order valence-electron chi connectivity index (χ4n) is 6.27. The number of methoxy groups -OCH3 is 1. The summed E-state index contributed by atoms with van der Waals surface area (Å²) in [7, 11) is 3.38. The van der Waals surface area contributed by atoms with Gasteiger partial charge < -0.3 is 30.3 Å². The lowest BCUT2D eigenvalue weighted by atomic mass is 10.0. The highest BCUT2D eigenvalue weighted by molar-refractivity contribution is 6.03. The lowest BCUT2D eigenvalue weighted by molar-refractivity contribution is -0.122. The van der Waals surface area contributed by atoms with Crippen LogP contribution in [0, 0.1) is 5.41 Å². The standard InChI is InChI=1S/C28H36N6O4/c1-33-21-15-29-27(32-24(21)34(18-6-3-4-7-18)16-28(12-13-28)26(33)37)31-20-11-10-17(14-23(20)38-2)25(36)30-19-8-5-9-22(19)35/h10-11,14-15,18-19,22,35H,3-9,12-13,16H2,1-2H3,(H,30,36)(H,29,31,32)/t19-,22-/m1/s1. The Morgan fingerprint density at radius 3 is 2.63 bits per heavy atom. The highest BCUT2D eigenvalue weighted by Gasteiger charge is 2.55. The molecule has 0 bridgehead atoms. The summed E-state index contributed by atoms with van der Waals surface area (Å²) in [5.41, 5.74) is 1.52. The van der Waals surface area contributed by atoms with Gasteiger partial charge in [0.25, 0.3) is 5.91 Å². The molecule has 3 saturated carbocycles.